The molecule has 0 aliphatic carbocycles. The van der Waals surface area contributed by atoms with E-state index in [4.69, 9.17) is 4.74 Å². The van der Waals surface area contributed by atoms with Gasteiger partial charge in [-0.1, -0.05) is 6.07 Å². The van der Waals surface area contributed by atoms with Crippen molar-refractivity contribution in [3.05, 3.63) is 35.1 Å². The lowest BCUT2D eigenvalue weighted by Crippen LogP contribution is -2.05. The molecule has 0 aliphatic heterocycles. The van der Waals surface area contributed by atoms with Gasteiger partial charge in [-0.2, -0.15) is 0 Å². The van der Waals surface area contributed by atoms with Gasteiger partial charge in [-0.25, -0.2) is 4.39 Å². The van der Waals surface area contributed by atoms with Crippen LogP contribution in [0.25, 0.3) is 0 Å². The van der Waals surface area contributed by atoms with Crippen molar-refractivity contribution in [3.63, 3.8) is 0 Å². The Morgan fingerprint density at radius 3 is 2.88 bits per heavy atom. The van der Waals surface area contributed by atoms with E-state index in [0.717, 1.165) is 17.5 Å². The van der Waals surface area contributed by atoms with Crippen molar-refractivity contribution in [2.45, 2.75) is 26.2 Å². The minimum absolute atomic E-state index is 0.130. The maximum atomic E-state index is 13.0. The summed E-state index contributed by atoms with van der Waals surface area (Å²) in [5, 5.41) is 0. The molecule has 0 radical (unpaired) electrons. The number of aryl methyl sites for hydroxylation is 1. The van der Waals surface area contributed by atoms with Crippen LogP contribution in [0.1, 0.15) is 24.0 Å². The highest BCUT2D eigenvalue weighted by molar-refractivity contribution is 5.81. The van der Waals surface area contributed by atoms with Gasteiger partial charge in [0.1, 0.15) is 11.6 Å². The zero-order valence-electron chi connectivity index (χ0n) is 9.75. The first-order valence-electron chi connectivity index (χ1n) is 5.39. The van der Waals surface area contributed by atoms with Crippen molar-refractivity contribution in [2.24, 2.45) is 0 Å². The van der Waals surface area contributed by atoms with Crippen LogP contribution in [0.2, 0.25) is 0 Å². The first-order valence-corrected chi connectivity index (χ1v) is 5.39. The van der Waals surface area contributed by atoms with Crippen molar-refractivity contribution in [1.29, 1.82) is 0 Å². The van der Waals surface area contributed by atoms with E-state index in [-0.39, 0.29) is 11.6 Å². The predicted molar refractivity (Wildman–Crippen MR) is 61.0 cm³/mol. The van der Waals surface area contributed by atoms with E-state index in [1.165, 1.54) is 12.1 Å². The maximum Gasteiger partial charge on any atom is 0.137 e. The summed E-state index contributed by atoms with van der Waals surface area (Å²) >= 11 is 0. The van der Waals surface area contributed by atoms with Gasteiger partial charge >= 0.3 is 0 Å². The Morgan fingerprint density at radius 2 is 2.19 bits per heavy atom. The number of hydrogen-bond donors (Lipinski definition) is 0. The van der Waals surface area contributed by atoms with Gasteiger partial charge in [0.15, 0.2) is 0 Å². The molecule has 0 bridgehead atoms. The Bertz CT molecular complexity index is 361. The fourth-order valence-electron chi connectivity index (χ4n) is 1.54. The van der Waals surface area contributed by atoms with Gasteiger partial charge in [-0.15, -0.1) is 0 Å². The lowest BCUT2D eigenvalue weighted by atomic mass is 10.0. The van der Waals surface area contributed by atoms with Gasteiger partial charge in [0.2, 0.25) is 0 Å². The van der Waals surface area contributed by atoms with Crippen LogP contribution in [0, 0.1) is 12.7 Å². The number of rotatable bonds is 6. The van der Waals surface area contributed by atoms with Gasteiger partial charge in [-0.3, -0.25) is 4.79 Å². The first-order chi connectivity index (χ1) is 7.63. The van der Waals surface area contributed by atoms with E-state index < -0.39 is 0 Å². The maximum absolute atomic E-state index is 13.0. The van der Waals surface area contributed by atoms with Gasteiger partial charge in [0, 0.05) is 26.6 Å². The van der Waals surface area contributed by atoms with Crippen molar-refractivity contribution in [3.8, 4) is 0 Å². The third kappa shape index (κ3) is 4.11. The molecule has 0 spiro atoms. The normalized spacial score (nSPS) is 10.4. The standard InChI is InChI=1S/C13H17FO2/c1-10-5-6-12(14)8-11(10)9-13(15)4-3-7-16-2/h5-6,8H,3-4,7,9H2,1-2H3. The number of ether oxygens (including phenoxy) is 1. The van der Waals surface area contributed by atoms with E-state index in [2.05, 4.69) is 0 Å². The van der Waals surface area contributed by atoms with Gasteiger partial charge in [0.05, 0.1) is 0 Å². The minimum atomic E-state index is -0.287. The molecule has 1 aromatic rings. The summed E-state index contributed by atoms with van der Waals surface area (Å²) in [6, 6.07) is 4.55. The Morgan fingerprint density at radius 1 is 1.44 bits per heavy atom. The molecule has 0 aromatic heterocycles. The topological polar surface area (TPSA) is 26.3 Å². The Kier molecular flexibility index (Phi) is 5.12. The number of carbonyl (C=O) groups is 1. The molecular formula is C13H17FO2. The van der Waals surface area contributed by atoms with Crippen LogP contribution in [-0.4, -0.2) is 19.5 Å². The smallest absolute Gasteiger partial charge is 0.137 e. The third-order valence-corrected chi connectivity index (χ3v) is 2.50. The van der Waals surface area contributed by atoms with Crippen molar-refractivity contribution >= 4 is 5.78 Å². The van der Waals surface area contributed by atoms with Crippen LogP contribution >= 0.6 is 0 Å². The average molecular weight is 224 g/mol. The number of Topliss-reactive ketones (excluding diaryl/α,β-unsaturated/α-hetero) is 1. The molecule has 0 fully saturated rings. The average Bonchev–Trinajstić information content (AvgIpc) is 2.24. The van der Waals surface area contributed by atoms with Crippen molar-refractivity contribution < 1.29 is 13.9 Å². The van der Waals surface area contributed by atoms with Crippen molar-refractivity contribution in [2.75, 3.05) is 13.7 Å². The highest BCUT2D eigenvalue weighted by Gasteiger charge is 2.07. The molecule has 0 heterocycles. The minimum Gasteiger partial charge on any atom is -0.385 e. The molecule has 88 valence electrons. The fraction of sp³-hybridized carbons (Fsp3) is 0.462. The van der Waals surface area contributed by atoms with Crippen LogP contribution in [-0.2, 0) is 16.0 Å². The van der Waals surface area contributed by atoms with E-state index in [1.54, 1.807) is 13.2 Å². The van der Waals surface area contributed by atoms with E-state index in [1.807, 2.05) is 6.92 Å². The summed E-state index contributed by atoms with van der Waals surface area (Å²) in [5.74, 6) is -0.156. The molecule has 0 aliphatic rings. The second-order valence-corrected chi connectivity index (χ2v) is 3.88. The van der Waals surface area contributed by atoms with E-state index in [9.17, 15) is 9.18 Å². The molecule has 0 amide bonds. The zero-order chi connectivity index (χ0) is 12.0. The quantitative estimate of drug-likeness (QED) is 0.694. The summed E-state index contributed by atoms with van der Waals surface area (Å²) < 4.78 is 17.8. The van der Waals surface area contributed by atoms with Gasteiger partial charge < -0.3 is 4.74 Å². The number of carbonyl (C=O) groups excluding carboxylic acids is 1. The van der Waals surface area contributed by atoms with Crippen LogP contribution in [0.3, 0.4) is 0 Å². The second-order valence-electron chi connectivity index (χ2n) is 3.88. The lowest BCUT2D eigenvalue weighted by molar-refractivity contribution is -0.118. The molecule has 16 heavy (non-hydrogen) atoms. The molecule has 1 rings (SSSR count). The van der Waals surface area contributed by atoms with E-state index >= 15 is 0 Å². The summed E-state index contributed by atoms with van der Waals surface area (Å²) in [7, 11) is 1.61. The highest BCUT2D eigenvalue weighted by atomic mass is 19.1. The summed E-state index contributed by atoms with van der Waals surface area (Å²) in [5.41, 5.74) is 1.74. The Hall–Kier alpha value is -1.22. The van der Waals surface area contributed by atoms with Gasteiger partial charge in [0.25, 0.3) is 0 Å². The van der Waals surface area contributed by atoms with E-state index in [0.29, 0.717) is 19.4 Å². The molecule has 0 N–H and O–H groups in total. The highest BCUT2D eigenvalue weighted by Crippen LogP contribution is 2.12. The Labute approximate surface area is 95.4 Å². The molecule has 0 unspecified atom stereocenters. The molecule has 0 atom stereocenters. The zero-order valence-corrected chi connectivity index (χ0v) is 9.75. The predicted octanol–water partition coefficient (Wildman–Crippen LogP) is 2.67. The third-order valence-electron chi connectivity index (χ3n) is 2.50. The summed E-state index contributed by atoms with van der Waals surface area (Å²) in [6.45, 7) is 2.48. The number of hydrogen-bond acceptors (Lipinski definition) is 2. The largest absolute Gasteiger partial charge is 0.385 e. The van der Waals surface area contributed by atoms with Crippen LogP contribution in [0.15, 0.2) is 18.2 Å². The second kappa shape index (κ2) is 6.38. The van der Waals surface area contributed by atoms with Gasteiger partial charge in [-0.05, 0) is 36.6 Å². The van der Waals surface area contributed by atoms with Crippen molar-refractivity contribution in [1.82, 2.24) is 0 Å². The first kappa shape index (κ1) is 12.8. The summed E-state index contributed by atoms with van der Waals surface area (Å²) in [6.07, 6.45) is 1.53. The number of methoxy groups -OCH3 is 1. The number of ketones is 1. The fourth-order valence-corrected chi connectivity index (χ4v) is 1.54. The molecule has 0 saturated heterocycles. The molecular weight excluding hydrogens is 207 g/mol. The SMILES string of the molecule is COCCCC(=O)Cc1cc(F)ccc1C. The van der Waals surface area contributed by atoms with Crippen LogP contribution in [0.4, 0.5) is 4.39 Å². The monoisotopic (exact) mass is 224 g/mol. The molecule has 0 saturated carbocycles. The lowest BCUT2D eigenvalue weighted by Gasteiger charge is -2.05. The molecule has 2 nitrogen and oxygen atoms in total. The summed E-state index contributed by atoms with van der Waals surface area (Å²) in [4.78, 5) is 11.6. The Balaban J connectivity index is 2.52. The number of benzene rings is 1. The van der Waals surface area contributed by atoms with Crippen LogP contribution in [0.5, 0.6) is 0 Å². The molecule has 3 heteroatoms. The molecule has 1 aromatic carbocycles. The number of halogens is 1. The van der Waals surface area contributed by atoms with Crippen LogP contribution < -0.4 is 0 Å².